The first-order valence-corrected chi connectivity index (χ1v) is 20.5. The lowest BCUT2D eigenvalue weighted by Crippen LogP contribution is -2.83. The van der Waals surface area contributed by atoms with Gasteiger partial charge in [-0.2, -0.15) is 0 Å². The summed E-state index contributed by atoms with van der Waals surface area (Å²) in [6.07, 6.45) is -7.86. The van der Waals surface area contributed by atoms with E-state index in [2.05, 4.69) is 0 Å². The maximum Gasteiger partial charge on any atom is 0.510 e. The van der Waals surface area contributed by atoms with E-state index in [4.69, 9.17) is 32.8 Å². The fraction of sp³-hybridized carbons (Fsp3) is 0.632. The SMILES string of the molecule is CC[Si](CC)(CC)OC1CC2OCC2(OC(C)=O)C2C(OC(=O)c3ccccc3)C34OC(=O)OC3C(=O)C(C)=C(C(OC(C)=O)C(=O)C12C)C4(C)C. The van der Waals surface area contributed by atoms with Gasteiger partial charge in [-0.3, -0.25) is 19.2 Å². The molecule has 0 aromatic heterocycles. The molecule has 2 saturated heterocycles. The maximum absolute atomic E-state index is 15.8. The van der Waals surface area contributed by atoms with Crippen LogP contribution in [0.5, 0.6) is 0 Å². The van der Waals surface area contributed by atoms with Crippen molar-refractivity contribution in [2.75, 3.05) is 6.61 Å². The van der Waals surface area contributed by atoms with Crippen molar-refractivity contribution >= 4 is 43.9 Å². The highest BCUT2D eigenvalue weighted by Crippen LogP contribution is 2.66. The lowest BCUT2D eigenvalue weighted by Gasteiger charge is -2.67. The monoisotopic (exact) mass is 740 g/mol. The van der Waals surface area contributed by atoms with Crippen LogP contribution in [0, 0.1) is 16.7 Å². The van der Waals surface area contributed by atoms with Crippen molar-refractivity contribution < 1.29 is 61.6 Å². The molecule has 2 heterocycles. The Bertz CT molecular complexity index is 1720. The number of esters is 3. The van der Waals surface area contributed by atoms with Crippen LogP contribution in [0.25, 0.3) is 0 Å². The van der Waals surface area contributed by atoms with Gasteiger partial charge in [0.2, 0.25) is 17.5 Å². The third-order valence-electron chi connectivity index (χ3n) is 12.8. The highest BCUT2D eigenvalue weighted by Gasteiger charge is 2.83. The smallest absolute Gasteiger partial charge is 0.454 e. The van der Waals surface area contributed by atoms with Crippen molar-refractivity contribution in [1.82, 2.24) is 0 Å². The summed E-state index contributed by atoms with van der Waals surface area (Å²) in [5.74, 6) is -5.05. The average molecular weight is 741 g/mol. The molecule has 52 heavy (non-hydrogen) atoms. The Labute approximate surface area is 304 Å². The summed E-state index contributed by atoms with van der Waals surface area (Å²) in [5.41, 5.74) is -6.87. The fourth-order valence-corrected chi connectivity index (χ4v) is 12.8. The Morgan fingerprint density at radius 2 is 1.56 bits per heavy atom. The van der Waals surface area contributed by atoms with Gasteiger partial charge in [-0.15, -0.1) is 0 Å². The number of hydrogen-bond donors (Lipinski definition) is 0. The van der Waals surface area contributed by atoms with Gasteiger partial charge in [0, 0.05) is 31.3 Å². The molecule has 9 atom stereocenters. The summed E-state index contributed by atoms with van der Waals surface area (Å²) >= 11 is 0. The first kappa shape index (κ1) is 37.9. The summed E-state index contributed by atoms with van der Waals surface area (Å²) in [6.45, 7) is 14.7. The molecule has 3 aliphatic carbocycles. The third kappa shape index (κ3) is 5.14. The number of carbonyl (C=O) groups is 6. The molecule has 1 aromatic carbocycles. The Morgan fingerprint density at radius 1 is 0.923 bits per heavy atom. The minimum atomic E-state index is -2.56. The van der Waals surface area contributed by atoms with Crippen molar-refractivity contribution in [3.63, 3.8) is 0 Å². The van der Waals surface area contributed by atoms with E-state index >= 15 is 4.79 Å². The number of Topliss-reactive ketones (excluding diaryl/α,β-unsaturated/α-hetero) is 2. The topological polar surface area (TPSA) is 167 Å². The van der Waals surface area contributed by atoms with E-state index in [1.165, 1.54) is 13.8 Å². The Balaban J connectivity index is 1.75. The van der Waals surface area contributed by atoms with E-state index in [1.54, 1.807) is 51.1 Å². The summed E-state index contributed by atoms with van der Waals surface area (Å²) < 4.78 is 44.0. The number of ether oxygens (including phenoxy) is 6. The molecule has 14 heteroatoms. The largest absolute Gasteiger partial charge is 0.510 e. The van der Waals surface area contributed by atoms with E-state index in [9.17, 15) is 24.0 Å². The molecule has 5 aliphatic rings. The first-order valence-electron chi connectivity index (χ1n) is 18.0. The van der Waals surface area contributed by atoms with Crippen LogP contribution in [0.2, 0.25) is 18.1 Å². The van der Waals surface area contributed by atoms with Crippen molar-refractivity contribution in [2.45, 2.75) is 129 Å². The van der Waals surface area contributed by atoms with E-state index < -0.39 is 102 Å². The Kier molecular flexibility index (Phi) is 9.40. The predicted octanol–water partition coefficient (Wildman–Crippen LogP) is 5.04. The van der Waals surface area contributed by atoms with Crippen molar-refractivity contribution in [2.24, 2.45) is 16.7 Å². The standard InChI is InChI=1S/C38H48O13Si/c1-10-52(11-2,12-3)51-24-18-25-37(19-45-25,49-22(6)40)29-32(47-33(43)23-16-14-13-15-17-23)38-31(48-34(44)50-38)27(41)20(4)26(35(38,7)8)28(46-21(5)39)30(42)36(24,29)9/h13-17,24-25,28-29,31-32H,10-12,18-19H2,1-9H3. The number of benzene rings is 1. The fourth-order valence-electron chi connectivity index (χ4n) is 9.90. The van der Waals surface area contributed by atoms with Gasteiger partial charge < -0.3 is 32.8 Å². The number of hydrogen-bond acceptors (Lipinski definition) is 13. The maximum atomic E-state index is 15.8. The van der Waals surface area contributed by atoms with Crippen LogP contribution in [-0.2, 0) is 52.0 Å². The Hall–Kier alpha value is -3.88. The second kappa shape index (κ2) is 12.9. The molecule has 13 nitrogen and oxygen atoms in total. The second-order valence-electron chi connectivity index (χ2n) is 15.4. The zero-order valence-electron chi connectivity index (χ0n) is 31.2. The lowest BCUT2D eigenvalue weighted by molar-refractivity contribution is -0.342. The van der Waals surface area contributed by atoms with Gasteiger partial charge >= 0.3 is 24.1 Å². The van der Waals surface area contributed by atoms with Gasteiger partial charge in [0.05, 0.1) is 29.6 Å². The summed E-state index contributed by atoms with van der Waals surface area (Å²) in [5, 5.41) is 0. The molecule has 9 unspecified atom stereocenters. The minimum Gasteiger partial charge on any atom is -0.454 e. The molecule has 4 fully saturated rings. The van der Waals surface area contributed by atoms with Crippen molar-refractivity contribution in [3.05, 3.63) is 47.0 Å². The van der Waals surface area contributed by atoms with Gasteiger partial charge in [0.25, 0.3) is 0 Å². The molecule has 2 aliphatic heterocycles. The zero-order chi connectivity index (χ0) is 38.2. The molecule has 2 bridgehead atoms. The van der Waals surface area contributed by atoms with Gasteiger partial charge in [-0.25, -0.2) is 9.59 Å². The normalized spacial score (nSPS) is 36.1. The highest BCUT2D eigenvalue weighted by atomic mass is 28.4. The summed E-state index contributed by atoms with van der Waals surface area (Å²) in [4.78, 5) is 84.1. The number of ketones is 2. The molecule has 1 spiro atoms. The number of fused-ring (bicyclic) bond motifs is 4. The van der Waals surface area contributed by atoms with E-state index in [0.717, 1.165) is 25.1 Å². The van der Waals surface area contributed by atoms with Gasteiger partial charge in [-0.05, 0) is 49.7 Å². The summed E-state index contributed by atoms with van der Waals surface area (Å²) in [7, 11) is -2.56. The van der Waals surface area contributed by atoms with Gasteiger partial charge in [0.15, 0.2) is 31.9 Å². The van der Waals surface area contributed by atoms with E-state index in [1.807, 2.05) is 20.8 Å². The predicted molar refractivity (Wildman–Crippen MR) is 184 cm³/mol. The van der Waals surface area contributed by atoms with Gasteiger partial charge in [0.1, 0.15) is 6.10 Å². The van der Waals surface area contributed by atoms with E-state index in [0.29, 0.717) is 0 Å². The van der Waals surface area contributed by atoms with Crippen LogP contribution in [0.3, 0.4) is 0 Å². The van der Waals surface area contributed by atoms with E-state index in [-0.39, 0.29) is 29.7 Å². The molecule has 0 radical (unpaired) electrons. The summed E-state index contributed by atoms with van der Waals surface area (Å²) in [6, 6.07) is 10.3. The molecular formula is C38H48O13Si. The number of carbonyl (C=O) groups excluding carboxylic acids is 6. The van der Waals surface area contributed by atoms with Crippen LogP contribution in [-0.4, -0.2) is 92.3 Å². The van der Waals surface area contributed by atoms with Crippen LogP contribution >= 0.6 is 0 Å². The molecule has 0 amide bonds. The average Bonchev–Trinajstić information content (AvgIpc) is 3.47. The number of rotatable bonds is 9. The molecular weight excluding hydrogens is 692 g/mol. The first-order chi connectivity index (χ1) is 24.4. The minimum absolute atomic E-state index is 0.0472. The zero-order valence-corrected chi connectivity index (χ0v) is 32.2. The molecule has 2 saturated carbocycles. The van der Waals surface area contributed by atoms with Crippen LogP contribution in [0.15, 0.2) is 41.5 Å². The second-order valence-corrected chi connectivity index (χ2v) is 20.1. The Morgan fingerprint density at radius 3 is 2.10 bits per heavy atom. The van der Waals surface area contributed by atoms with Crippen LogP contribution < -0.4 is 0 Å². The lowest BCUT2D eigenvalue weighted by atomic mass is 9.44. The van der Waals surface area contributed by atoms with Crippen molar-refractivity contribution in [3.8, 4) is 0 Å². The van der Waals surface area contributed by atoms with Crippen LogP contribution in [0.1, 0.15) is 79.1 Å². The molecule has 1 aromatic rings. The third-order valence-corrected chi connectivity index (χ3v) is 17.4. The highest BCUT2D eigenvalue weighted by molar-refractivity contribution is 6.73. The quantitative estimate of drug-likeness (QED) is 0.188. The van der Waals surface area contributed by atoms with Crippen LogP contribution in [0.4, 0.5) is 4.79 Å². The molecule has 6 rings (SSSR count). The van der Waals surface area contributed by atoms with Crippen molar-refractivity contribution in [1.29, 1.82) is 0 Å². The van der Waals surface area contributed by atoms with Gasteiger partial charge in [-0.1, -0.05) is 52.8 Å². The molecule has 282 valence electrons. The molecule has 0 N–H and O–H groups in total.